The molecular formula is C39H72NO11P. The normalized spacial score (nSPS) is 19.9. The van der Waals surface area contributed by atoms with Crippen molar-refractivity contribution in [3.63, 3.8) is 0 Å². The van der Waals surface area contributed by atoms with Crippen LogP contribution >= 0.6 is 7.82 Å². The Bertz CT molecular complexity index is 1030. The van der Waals surface area contributed by atoms with Crippen molar-refractivity contribution >= 4 is 25.5 Å². The highest BCUT2D eigenvalue weighted by atomic mass is 31.2. The summed E-state index contributed by atoms with van der Waals surface area (Å²) in [5.41, 5.74) is 5.33. The van der Waals surface area contributed by atoms with Gasteiger partial charge in [0.05, 0.1) is 25.4 Å². The maximum absolute atomic E-state index is 12.5. The first-order valence-corrected chi connectivity index (χ1v) is 21.8. The van der Waals surface area contributed by atoms with Gasteiger partial charge in [-0.2, -0.15) is 0 Å². The number of hydrogen-bond donors (Lipinski definition) is 4. The molecule has 1 rings (SSSR count). The molecule has 0 aliphatic heterocycles. The molecule has 1 unspecified atom stereocenters. The number of nitrogens with two attached hydrogens (primary N) is 1. The summed E-state index contributed by atoms with van der Waals surface area (Å²) in [5.74, 6) is -1.50. The minimum absolute atomic E-state index is 0.0207. The number of rotatable bonds is 34. The molecule has 1 saturated carbocycles. The van der Waals surface area contributed by atoms with E-state index in [2.05, 4.69) is 13.8 Å². The van der Waals surface area contributed by atoms with Crippen molar-refractivity contribution in [1.82, 2.24) is 0 Å². The van der Waals surface area contributed by atoms with Crippen LogP contribution in [-0.2, 0) is 37.5 Å². The van der Waals surface area contributed by atoms with Crippen LogP contribution in [-0.4, -0.2) is 77.5 Å². The van der Waals surface area contributed by atoms with Crippen LogP contribution in [0.25, 0.3) is 0 Å². The summed E-state index contributed by atoms with van der Waals surface area (Å²) >= 11 is 0. The fourth-order valence-corrected chi connectivity index (χ4v) is 7.24. The van der Waals surface area contributed by atoms with Gasteiger partial charge in [-0.3, -0.25) is 23.4 Å². The van der Waals surface area contributed by atoms with E-state index < -0.39 is 44.7 Å². The number of aliphatic hydroxyl groups is 2. The van der Waals surface area contributed by atoms with E-state index in [4.69, 9.17) is 24.3 Å². The summed E-state index contributed by atoms with van der Waals surface area (Å²) < 4.78 is 32.6. The molecule has 0 amide bonds. The number of phosphoric acid groups is 1. The maximum atomic E-state index is 12.5. The van der Waals surface area contributed by atoms with Gasteiger partial charge in [0.15, 0.2) is 6.10 Å². The van der Waals surface area contributed by atoms with Gasteiger partial charge in [-0.25, -0.2) is 4.57 Å². The van der Waals surface area contributed by atoms with Crippen LogP contribution in [0.5, 0.6) is 0 Å². The van der Waals surface area contributed by atoms with E-state index in [0.29, 0.717) is 25.7 Å². The number of hydrogen-bond acceptors (Lipinski definition) is 11. The van der Waals surface area contributed by atoms with Crippen molar-refractivity contribution in [3.05, 3.63) is 12.2 Å². The number of esters is 2. The largest absolute Gasteiger partial charge is 0.472 e. The van der Waals surface area contributed by atoms with Crippen LogP contribution in [0.15, 0.2) is 12.2 Å². The Kier molecular flexibility index (Phi) is 28.5. The summed E-state index contributed by atoms with van der Waals surface area (Å²) in [6.07, 6.45) is 21.5. The van der Waals surface area contributed by atoms with Crippen molar-refractivity contribution in [1.29, 1.82) is 0 Å². The quantitative estimate of drug-likeness (QED) is 0.0217. The molecule has 0 bridgehead atoms. The molecule has 52 heavy (non-hydrogen) atoms. The average molecular weight is 762 g/mol. The zero-order valence-corrected chi connectivity index (χ0v) is 33.2. The molecule has 6 atom stereocenters. The third-order valence-electron chi connectivity index (χ3n) is 9.55. The molecule has 1 aliphatic carbocycles. The second-order valence-electron chi connectivity index (χ2n) is 14.3. The van der Waals surface area contributed by atoms with E-state index >= 15 is 0 Å². The first-order valence-electron chi connectivity index (χ1n) is 20.3. The van der Waals surface area contributed by atoms with Crippen molar-refractivity contribution < 1.29 is 52.6 Å². The summed E-state index contributed by atoms with van der Waals surface area (Å²) in [4.78, 5) is 47.4. The van der Waals surface area contributed by atoms with Crippen LogP contribution in [0.4, 0.5) is 0 Å². The molecule has 1 aliphatic rings. The van der Waals surface area contributed by atoms with Gasteiger partial charge in [-0.1, -0.05) is 129 Å². The second kappa shape index (κ2) is 30.6. The lowest BCUT2D eigenvalue weighted by molar-refractivity contribution is -0.161. The van der Waals surface area contributed by atoms with E-state index in [-0.39, 0.29) is 56.6 Å². The van der Waals surface area contributed by atoms with Gasteiger partial charge in [0.25, 0.3) is 0 Å². The summed E-state index contributed by atoms with van der Waals surface area (Å²) in [6, 6.07) is 0. The Balaban J connectivity index is 2.41. The Morgan fingerprint density at radius 3 is 2.00 bits per heavy atom. The van der Waals surface area contributed by atoms with Crippen LogP contribution in [0, 0.1) is 11.8 Å². The van der Waals surface area contributed by atoms with Gasteiger partial charge >= 0.3 is 19.8 Å². The molecule has 1 fully saturated rings. The highest BCUT2D eigenvalue weighted by molar-refractivity contribution is 7.47. The fourth-order valence-electron chi connectivity index (χ4n) is 6.47. The molecule has 12 nitrogen and oxygen atoms in total. The third kappa shape index (κ3) is 24.6. The van der Waals surface area contributed by atoms with Crippen molar-refractivity contribution in [2.45, 2.75) is 180 Å². The lowest BCUT2D eigenvalue weighted by Crippen LogP contribution is -2.29. The van der Waals surface area contributed by atoms with E-state index in [9.17, 15) is 34.1 Å². The first-order chi connectivity index (χ1) is 25.0. The van der Waals surface area contributed by atoms with E-state index in [1.54, 1.807) is 6.08 Å². The summed E-state index contributed by atoms with van der Waals surface area (Å²) in [5, 5.41) is 20.7. The van der Waals surface area contributed by atoms with Gasteiger partial charge in [0.2, 0.25) is 0 Å². The summed E-state index contributed by atoms with van der Waals surface area (Å²) in [6.45, 7) is 3.34. The van der Waals surface area contributed by atoms with Crippen LogP contribution in [0.2, 0.25) is 0 Å². The number of unbranched alkanes of at least 4 members (excludes halogenated alkanes) is 15. The number of aliphatic hydroxyl groups excluding tert-OH is 2. The molecule has 13 heteroatoms. The van der Waals surface area contributed by atoms with Crippen LogP contribution < -0.4 is 5.73 Å². The molecule has 0 aromatic heterocycles. The average Bonchev–Trinajstić information content (AvgIpc) is 3.38. The van der Waals surface area contributed by atoms with E-state index in [1.807, 2.05) is 6.08 Å². The van der Waals surface area contributed by atoms with Gasteiger partial charge in [0.1, 0.15) is 12.4 Å². The van der Waals surface area contributed by atoms with Crippen molar-refractivity contribution in [2.24, 2.45) is 17.6 Å². The predicted octanol–water partition coefficient (Wildman–Crippen LogP) is 7.64. The SMILES string of the molecule is CCCCCCCCCCCCCC(=O)O[C@H](COC(=O)CCCCCC[C@H]1C(=O)C[C@@H](O)[C@@H]1/C=C/[C@@H](O)CCCCC)COP(=O)(O)OCCN. The Morgan fingerprint density at radius 2 is 1.38 bits per heavy atom. The molecule has 0 spiro atoms. The number of carbonyl (C=O) groups is 3. The van der Waals surface area contributed by atoms with Gasteiger partial charge < -0.3 is 30.3 Å². The molecule has 0 saturated heterocycles. The first kappa shape index (κ1) is 48.4. The van der Waals surface area contributed by atoms with Crippen molar-refractivity contribution in [3.8, 4) is 0 Å². The number of ketones is 1. The number of ether oxygens (including phenoxy) is 2. The minimum Gasteiger partial charge on any atom is -0.462 e. The van der Waals surface area contributed by atoms with Crippen LogP contribution in [0.3, 0.4) is 0 Å². The van der Waals surface area contributed by atoms with Gasteiger partial charge in [-0.15, -0.1) is 0 Å². The Labute approximate surface area is 313 Å². The molecule has 5 N–H and O–H groups in total. The summed E-state index contributed by atoms with van der Waals surface area (Å²) in [7, 11) is -4.43. The number of phosphoric ester groups is 1. The second-order valence-corrected chi connectivity index (χ2v) is 15.7. The maximum Gasteiger partial charge on any atom is 0.472 e. The van der Waals surface area contributed by atoms with E-state index in [0.717, 1.165) is 57.8 Å². The Morgan fingerprint density at radius 1 is 0.827 bits per heavy atom. The zero-order valence-electron chi connectivity index (χ0n) is 32.3. The fraction of sp³-hybridized carbons (Fsp3) is 0.872. The number of carbonyl (C=O) groups excluding carboxylic acids is 3. The van der Waals surface area contributed by atoms with E-state index in [1.165, 1.54) is 44.9 Å². The highest BCUT2D eigenvalue weighted by Gasteiger charge is 2.39. The van der Waals surface area contributed by atoms with Gasteiger partial charge in [0, 0.05) is 37.6 Å². The monoisotopic (exact) mass is 761 g/mol. The smallest absolute Gasteiger partial charge is 0.462 e. The zero-order chi connectivity index (χ0) is 38.5. The van der Waals surface area contributed by atoms with Gasteiger partial charge in [-0.05, 0) is 25.7 Å². The number of Topliss-reactive ketones (excluding diaryl/α,β-unsaturated/α-hetero) is 1. The predicted molar refractivity (Wildman–Crippen MR) is 202 cm³/mol. The molecule has 0 radical (unpaired) electrons. The molecule has 0 aromatic carbocycles. The minimum atomic E-state index is -4.43. The molecular weight excluding hydrogens is 689 g/mol. The molecule has 0 heterocycles. The Hall–Kier alpha value is -1.66. The van der Waals surface area contributed by atoms with Crippen LogP contribution in [0.1, 0.15) is 162 Å². The lowest BCUT2D eigenvalue weighted by atomic mass is 9.88. The lowest BCUT2D eigenvalue weighted by Gasteiger charge is -2.20. The molecule has 304 valence electrons. The molecule has 0 aromatic rings. The topological polar surface area (TPSA) is 192 Å². The van der Waals surface area contributed by atoms with Crippen molar-refractivity contribution in [2.75, 3.05) is 26.4 Å². The standard InChI is InChI=1S/C39H72NO11P/c1-3-5-7-8-9-10-11-12-13-14-20-24-39(45)51-33(31-50-52(46,47)49-28-27-40)30-48-38(44)23-19-16-15-18-22-34-35(37(43)29-36(34)42)26-25-32(41)21-17-6-4-2/h25-26,32-35,37,41,43H,3-24,27-31,40H2,1-2H3,(H,46,47)/b26-25+/t32-,33+,34+,35+,37+/m0/s1. The highest BCUT2D eigenvalue weighted by Crippen LogP contribution is 2.43. The third-order valence-corrected chi connectivity index (χ3v) is 10.5.